The lowest BCUT2D eigenvalue weighted by molar-refractivity contribution is -0.123. The summed E-state index contributed by atoms with van der Waals surface area (Å²) in [7, 11) is 0. The van der Waals surface area contributed by atoms with Crippen LogP contribution in [0.15, 0.2) is 0 Å². The van der Waals surface area contributed by atoms with Gasteiger partial charge in [-0.1, -0.05) is 6.92 Å². The molecule has 2 bridgehead atoms. The Morgan fingerprint density at radius 1 is 1.40 bits per heavy atom. The Kier molecular flexibility index (Phi) is 5.81. The summed E-state index contributed by atoms with van der Waals surface area (Å²) in [6, 6.07) is 3.89. The average molecular weight is 278 g/mol. The van der Waals surface area contributed by atoms with E-state index in [-0.39, 0.29) is 5.91 Å². The summed E-state index contributed by atoms with van der Waals surface area (Å²) in [4.78, 5) is 14.3. The number of amides is 1. The molecule has 0 aromatic rings. The Balaban J connectivity index is 1.83. The Morgan fingerprint density at radius 2 is 2.10 bits per heavy atom. The standard InChI is InChI=1S/C15H26N4O/c1-2-8-19(11-15(20)17-7-3-6-16)14-9-12-4-5-13(10-14)18-12/h12-14,18H,2-5,7-11H2,1H3,(H,17,20). The number of rotatable bonds is 7. The average Bonchev–Trinajstić information content (AvgIpc) is 2.77. The van der Waals surface area contributed by atoms with Crippen LogP contribution in [0.25, 0.3) is 0 Å². The third-order valence-electron chi connectivity index (χ3n) is 4.38. The fourth-order valence-electron chi connectivity index (χ4n) is 3.50. The first-order valence-electron chi connectivity index (χ1n) is 7.86. The molecule has 2 saturated heterocycles. The summed E-state index contributed by atoms with van der Waals surface area (Å²) in [6.45, 7) is 4.09. The summed E-state index contributed by atoms with van der Waals surface area (Å²) < 4.78 is 0. The zero-order valence-electron chi connectivity index (χ0n) is 12.4. The van der Waals surface area contributed by atoms with Gasteiger partial charge in [0.15, 0.2) is 0 Å². The van der Waals surface area contributed by atoms with Gasteiger partial charge in [0.25, 0.3) is 0 Å². The highest BCUT2D eigenvalue weighted by molar-refractivity contribution is 5.78. The summed E-state index contributed by atoms with van der Waals surface area (Å²) in [5.41, 5.74) is 0. The molecule has 5 nitrogen and oxygen atoms in total. The maximum atomic E-state index is 11.9. The molecule has 2 N–H and O–H groups in total. The number of piperidine rings is 1. The van der Waals surface area contributed by atoms with E-state index in [1.807, 2.05) is 6.07 Å². The van der Waals surface area contributed by atoms with Gasteiger partial charge in [0.05, 0.1) is 19.0 Å². The number of nitrogens with zero attached hydrogens (tertiary/aromatic N) is 2. The summed E-state index contributed by atoms with van der Waals surface area (Å²) in [5.74, 6) is 0.0552. The number of fused-ring (bicyclic) bond motifs is 2. The van der Waals surface area contributed by atoms with Crippen molar-refractivity contribution in [1.82, 2.24) is 15.5 Å². The third kappa shape index (κ3) is 4.19. The summed E-state index contributed by atoms with van der Waals surface area (Å²) >= 11 is 0. The predicted octanol–water partition coefficient (Wildman–Crippen LogP) is 1.01. The second-order valence-electron chi connectivity index (χ2n) is 5.99. The van der Waals surface area contributed by atoms with Crippen LogP contribution in [0, 0.1) is 11.3 Å². The van der Waals surface area contributed by atoms with Crippen molar-refractivity contribution in [2.75, 3.05) is 19.6 Å². The van der Waals surface area contributed by atoms with E-state index in [1.165, 1.54) is 25.7 Å². The molecule has 2 aliphatic rings. The van der Waals surface area contributed by atoms with Crippen LogP contribution in [0.4, 0.5) is 0 Å². The van der Waals surface area contributed by atoms with Gasteiger partial charge in [-0.2, -0.15) is 5.26 Å². The maximum Gasteiger partial charge on any atom is 0.234 e. The van der Waals surface area contributed by atoms with E-state index in [0.717, 1.165) is 13.0 Å². The number of hydrogen-bond acceptors (Lipinski definition) is 4. The van der Waals surface area contributed by atoms with Crippen LogP contribution < -0.4 is 10.6 Å². The molecule has 2 fully saturated rings. The van der Waals surface area contributed by atoms with E-state index in [1.54, 1.807) is 0 Å². The molecule has 2 rings (SSSR count). The number of nitrogens with one attached hydrogen (secondary N) is 2. The van der Waals surface area contributed by atoms with Crippen molar-refractivity contribution in [3.63, 3.8) is 0 Å². The smallest absolute Gasteiger partial charge is 0.234 e. The van der Waals surface area contributed by atoms with E-state index < -0.39 is 0 Å². The van der Waals surface area contributed by atoms with Gasteiger partial charge in [0.2, 0.25) is 5.91 Å². The molecular weight excluding hydrogens is 252 g/mol. The quantitative estimate of drug-likeness (QED) is 0.682. The fraction of sp³-hybridized carbons (Fsp3) is 0.867. The van der Waals surface area contributed by atoms with Crippen molar-refractivity contribution in [3.05, 3.63) is 0 Å². The van der Waals surface area contributed by atoms with Crippen LogP contribution in [0.1, 0.15) is 45.4 Å². The van der Waals surface area contributed by atoms with Gasteiger partial charge < -0.3 is 10.6 Å². The third-order valence-corrected chi connectivity index (χ3v) is 4.38. The van der Waals surface area contributed by atoms with Gasteiger partial charge in [-0.3, -0.25) is 9.69 Å². The Labute approximate surface area is 121 Å². The molecule has 0 aromatic heterocycles. The van der Waals surface area contributed by atoms with Crippen LogP contribution in [0.2, 0.25) is 0 Å². The second kappa shape index (κ2) is 7.61. The van der Waals surface area contributed by atoms with Gasteiger partial charge in [0.1, 0.15) is 0 Å². The molecule has 2 heterocycles. The minimum atomic E-state index is 0.0552. The van der Waals surface area contributed by atoms with Gasteiger partial charge in [0, 0.05) is 24.7 Å². The van der Waals surface area contributed by atoms with Gasteiger partial charge in [-0.15, -0.1) is 0 Å². The van der Waals surface area contributed by atoms with Crippen molar-refractivity contribution < 1.29 is 4.79 Å². The highest BCUT2D eigenvalue weighted by Crippen LogP contribution is 2.29. The minimum Gasteiger partial charge on any atom is -0.354 e. The minimum absolute atomic E-state index is 0.0552. The number of carbonyl (C=O) groups is 1. The van der Waals surface area contributed by atoms with E-state index in [4.69, 9.17) is 5.26 Å². The molecule has 20 heavy (non-hydrogen) atoms. The predicted molar refractivity (Wildman–Crippen MR) is 78.1 cm³/mol. The summed E-state index contributed by atoms with van der Waals surface area (Å²) in [6.07, 6.45) is 6.37. The SMILES string of the molecule is CCCN(CC(=O)NCCC#N)C1CC2CCC(C1)N2. The number of carbonyl (C=O) groups excluding carboxylic acids is 1. The molecule has 0 spiro atoms. The topological polar surface area (TPSA) is 68.2 Å². The molecule has 5 heteroatoms. The monoisotopic (exact) mass is 278 g/mol. The molecule has 2 aliphatic heterocycles. The van der Waals surface area contributed by atoms with Crippen molar-refractivity contribution in [1.29, 1.82) is 5.26 Å². The lowest BCUT2D eigenvalue weighted by Crippen LogP contribution is -2.51. The van der Waals surface area contributed by atoms with E-state index >= 15 is 0 Å². The highest BCUT2D eigenvalue weighted by atomic mass is 16.2. The zero-order chi connectivity index (χ0) is 14.4. The molecular formula is C15H26N4O. The van der Waals surface area contributed by atoms with Gasteiger partial charge in [-0.05, 0) is 38.6 Å². The molecule has 1 amide bonds. The molecule has 0 aliphatic carbocycles. The number of nitriles is 1. The van der Waals surface area contributed by atoms with Crippen LogP contribution in [-0.4, -0.2) is 48.6 Å². The van der Waals surface area contributed by atoms with Crippen molar-refractivity contribution in [2.24, 2.45) is 0 Å². The molecule has 112 valence electrons. The summed E-state index contributed by atoms with van der Waals surface area (Å²) in [5, 5.41) is 15.0. The maximum absolute atomic E-state index is 11.9. The van der Waals surface area contributed by atoms with Crippen molar-refractivity contribution in [3.8, 4) is 6.07 Å². The first kappa shape index (κ1) is 15.3. The van der Waals surface area contributed by atoms with Crippen LogP contribution in [-0.2, 0) is 4.79 Å². The van der Waals surface area contributed by atoms with E-state index in [9.17, 15) is 4.79 Å². The normalized spacial score (nSPS) is 28.4. The fourth-order valence-corrected chi connectivity index (χ4v) is 3.50. The molecule has 0 radical (unpaired) electrons. The van der Waals surface area contributed by atoms with Gasteiger partial charge in [-0.25, -0.2) is 0 Å². The van der Waals surface area contributed by atoms with Crippen molar-refractivity contribution in [2.45, 2.75) is 63.6 Å². The van der Waals surface area contributed by atoms with Crippen LogP contribution >= 0.6 is 0 Å². The zero-order valence-corrected chi connectivity index (χ0v) is 12.4. The first-order chi connectivity index (χ1) is 9.72. The molecule has 0 saturated carbocycles. The molecule has 2 atom stereocenters. The Morgan fingerprint density at radius 3 is 2.70 bits per heavy atom. The highest BCUT2D eigenvalue weighted by Gasteiger charge is 2.36. The van der Waals surface area contributed by atoms with Crippen LogP contribution in [0.5, 0.6) is 0 Å². The van der Waals surface area contributed by atoms with E-state index in [2.05, 4.69) is 22.5 Å². The lowest BCUT2D eigenvalue weighted by Gasteiger charge is -2.37. The molecule has 2 unspecified atom stereocenters. The molecule has 0 aromatic carbocycles. The van der Waals surface area contributed by atoms with Gasteiger partial charge >= 0.3 is 0 Å². The largest absolute Gasteiger partial charge is 0.354 e. The second-order valence-corrected chi connectivity index (χ2v) is 5.99. The lowest BCUT2D eigenvalue weighted by atomic mass is 9.98. The van der Waals surface area contributed by atoms with E-state index in [0.29, 0.717) is 37.6 Å². The Bertz CT molecular complexity index is 353. The first-order valence-corrected chi connectivity index (χ1v) is 7.86. The Hall–Kier alpha value is -1.12. The van der Waals surface area contributed by atoms with Crippen LogP contribution in [0.3, 0.4) is 0 Å². The van der Waals surface area contributed by atoms with Crippen molar-refractivity contribution >= 4 is 5.91 Å². The number of hydrogen-bond donors (Lipinski definition) is 2.